The van der Waals surface area contributed by atoms with Gasteiger partial charge in [-0.2, -0.15) is 15.0 Å². The second-order valence-corrected chi connectivity index (χ2v) is 16.2. The van der Waals surface area contributed by atoms with Crippen molar-refractivity contribution in [3.05, 3.63) is 23.8 Å². The summed E-state index contributed by atoms with van der Waals surface area (Å²) >= 11 is 0. The number of hydrogen-bond donors (Lipinski definition) is 5. The minimum Gasteiger partial charge on any atom is -0.481 e. The van der Waals surface area contributed by atoms with Gasteiger partial charge in [-0.05, 0) is 58.5 Å². The van der Waals surface area contributed by atoms with Gasteiger partial charge in [0, 0.05) is 84.1 Å². The number of aliphatic hydroxyl groups is 1. The zero-order valence-electron chi connectivity index (χ0n) is 38.6. The Labute approximate surface area is 397 Å². The van der Waals surface area contributed by atoms with Gasteiger partial charge in [0.1, 0.15) is 18.7 Å². The lowest BCUT2D eigenvalue weighted by molar-refractivity contribution is -0.137. The summed E-state index contributed by atoms with van der Waals surface area (Å²) in [5.41, 5.74) is 12.7. The van der Waals surface area contributed by atoms with Crippen LogP contribution < -0.4 is 26.6 Å². The van der Waals surface area contributed by atoms with Gasteiger partial charge in [0.25, 0.3) is 0 Å². The molecule has 2 saturated heterocycles. The fourth-order valence-corrected chi connectivity index (χ4v) is 7.58. The maximum Gasteiger partial charge on any atom is 0.303 e. The minimum absolute atomic E-state index is 0. The number of anilines is 3. The summed E-state index contributed by atoms with van der Waals surface area (Å²) in [5, 5.41) is 39.1. The number of terminal acetylenes is 1. The fraction of sp³-hybridized carbons (Fsp3) is 0.714. The summed E-state index contributed by atoms with van der Waals surface area (Å²) in [6.45, 7) is 8.88. The summed E-state index contributed by atoms with van der Waals surface area (Å²) in [7, 11) is 0. The number of carbonyl (C=O) groups excluding carboxylic acids is 2. The number of unbranched alkanes of at least 4 members (excludes halogenated alkanes) is 2. The molecule has 0 aliphatic carbocycles. The Kier molecular flexibility index (Phi) is 23.9. The second-order valence-electron chi connectivity index (χ2n) is 16.2. The number of hydrogen-bond acceptors (Lipinski definition) is 19. The Morgan fingerprint density at radius 2 is 1.24 bits per heavy atom. The SMILES string of the molecule is C#CCOCCOCCOCCNc1nc(N2CCN(C(=O)[C@H](CCCCN)n3cc(CCC(=O)O)nn3)CC2)nc(N2CCN(C(=O)[C@H](CCCCN)n3cc(CC(C)O)nn3)CC2)n1.Cl. The lowest BCUT2D eigenvalue weighted by atomic mass is 10.1. The third-order valence-electron chi connectivity index (χ3n) is 11.1. The lowest BCUT2D eigenvalue weighted by Crippen LogP contribution is -2.52. The van der Waals surface area contributed by atoms with Gasteiger partial charge in [-0.1, -0.05) is 16.3 Å². The first-order valence-electron chi connectivity index (χ1n) is 23.0. The molecule has 5 rings (SSSR count). The van der Waals surface area contributed by atoms with Crippen molar-refractivity contribution in [2.75, 3.05) is 127 Å². The Hall–Kier alpha value is -5.29. The number of nitrogens with two attached hydrogens (primary N) is 2. The predicted octanol–water partition coefficient (Wildman–Crippen LogP) is -0.450. The Balaban J connectivity index is 0.00000980. The highest BCUT2D eigenvalue weighted by Gasteiger charge is 2.33. The van der Waals surface area contributed by atoms with Crippen LogP contribution in [0, 0.1) is 12.3 Å². The van der Waals surface area contributed by atoms with Gasteiger partial charge in [0.15, 0.2) is 0 Å². The minimum atomic E-state index is -0.931. The number of halogens is 1. The van der Waals surface area contributed by atoms with Gasteiger partial charge in [0.2, 0.25) is 29.7 Å². The van der Waals surface area contributed by atoms with Crippen molar-refractivity contribution in [1.29, 1.82) is 0 Å². The normalized spacial score (nSPS) is 15.4. The van der Waals surface area contributed by atoms with Gasteiger partial charge in [-0.25, -0.2) is 9.36 Å². The molecule has 0 spiro atoms. The Morgan fingerprint density at radius 1 is 0.746 bits per heavy atom. The van der Waals surface area contributed by atoms with E-state index in [1.165, 1.54) is 0 Å². The standard InChI is InChI=1S/C42H68N16O8.ClH/c1-3-23-64-25-27-66-28-26-65-24-14-45-40-46-41(55-19-15-53(16-20-55)38(62)35(8-4-6-12-43)57-30-33(49-51-57)10-11-37(60)61)48-42(47-40)56-21-17-54(18-22-56)39(63)36(9-5-7-13-44)58-31-34(50-52-58)29-32(2)59;/h1,30-32,35-36,59H,4-29,43-44H2,2H3,(H,60,61)(H,45,46,47,48);1H/t32?,35-,36-;/m0./s1. The van der Waals surface area contributed by atoms with Gasteiger partial charge >= 0.3 is 5.97 Å². The highest BCUT2D eigenvalue weighted by molar-refractivity contribution is 5.85. The number of aryl methyl sites for hydroxylation is 1. The van der Waals surface area contributed by atoms with E-state index in [0.29, 0.717) is 160 Å². The van der Waals surface area contributed by atoms with E-state index < -0.39 is 24.2 Å². The van der Waals surface area contributed by atoms with Crippen molar-refractivity contribution in [2.24, 2.45) is 11.5 Å². The molecule has 2 fully saturated rings. The van der Waals surface area contributed by atoms with Gasteiger partial charge in [-0.3, -0.25) is 14.4 Å². The molecule has 0 aromatic carbocycles. The third kappa shape index (κ3) is 17.7. The first-order valence-corrected chi connectivity index (χ1v) is 23.0. The van der Waals surface area contributed by atoms with Crippen molar-refractivity contribution in [3.63, 3.8) is 0 Å². The number of amides is 2. The number of ether oxygens (including phenoxy) is 3. The molecule has 3 aromatic rings. The van der Waals surface area contributed by atoms with E-state index in [4.69, 9.17) is 52.2 Å². The molecule has 3 aromatic heterocycles. The monoisotopic (exact) mass is 961 g/mol. The summed E-state index contributed by atoms with van der Waals surface area (Å²) in [6, 6.07) is -1.16. The number of rotatable bonds is 30. The largest absolute Gasteiger partial charge is 0.481 e. The topological polar surface area (TPSA) is 296 Å². The number of carboxylic acids is 1. The second kappa shape index (κ2) is 29.5. The van der Waals surface area contributed by atoms with Crippen LogP contribution in [0.4, 0.5) is 17.8 Å². The van der Waals surface area contributed by atoms with E-state index in [-0.39, 0.29) is 43.7 Å². The first kappa shape index (κ1) is 54.3. The van der Waals surface area contributed by atoms with Crippen LogP contribution in [0.5, 0.6) is 0 Å². The maximum absolute atomic E-state index is 14.1. The number of nitrogens with zero attached hydrogens (tertiary/aromatic N) is 13. The van der Waals surface area contributed by atoms with Crippen LogP contribution in [0.25, 0.3) is 0 Å². The molecule has 0 radical (unpaired) electrons. The molecular weight excluding hydrogens is 892 g/mol. The highest BCUT2D eigenvalue weighted by atomic mass is 35.5. The zero-order chi connectivity index (χ0) is 47.1. The molecule has 25 heteroatoms. The number of carboxylic acid groups (broad SMARTS) is 1. The van der Waals surface area contributed by atoms with Crippen LogP contribution >= 0.6 is 12.4 Å². The van der Waals surface area contributed by atoms with E-state index in [0.717, 1.165) is 19.3 Å². The number of nitrogens with one attached hydrogen (secondary N) is 1. The Bertz CT molecular complexity index is 1970. The molecule has 67 heavy (non-hydrogen) atoms. The Morgan fingerprint density at radius 3 is 1.73 bits per heavy atom. The molecule has 0 bridgehead atoms. The van der Waals surface area contributed by atoms with Crippen LogP contribution in [0.2, 0.25) is 0 Å². The van der Waals surface area contributed by atoms with Gasteiger partial charge in [-0.15, -0.1) is 29.0 Å². The lowest BCUT2D eigenvalue weighted by Gasteiger charge is -2.38. The number of carbonyl (C=O) groups is 3. The van der Waals surface area contributed by atoms with Crippen molar-refractivity contribution in [2.45, 2.75) is 82.9 Å². The van der Waals surface area contributed by atoms with Crippen molar-refractivity contribution in [3.8, 4) is 12.3 Å². The van der Waals surface area contributed by atoms with Crippen LogP contribution in [-0.4, -0.2) is 200 Å². The van der Waals surface area contributed by atoms with Crippen LogP contribution in [-0.2, 0) is 41.4 Å². The van der Waals surface area contributed by atoms with Gasteiger partial charge in [0.05, 0.1) is 56.9 Å². The molecule has 5 heterocycles. The summed E-state index contributed by atoms with van der Waals surface area (Å²) in [6.07, 6.45) is 12.6. The molecule has 0 saturated carbocycles. The first-order chi connectivity index (χ1) is 32.1. The van der Waals surface area contributed by atoms with Crippen molar-refractivity contribution in [1.82, 2.24) is 54.7 Å². The van der Waals surface area contributed by atoms with Crippen molar-refractivity contribution >= 4 is 48.0 Å². The quantitative estimate of drug-likeness (QED) is 0.0418. The van der Waals surface area contributed by atoms with Crippen molar-refractivity contribution < 1.29 is 38.8 Å². The van der Waals surface area contributed by atoms with E-state index in [9.17, 15) is 19.5 Å². The number of piperazine rings is 2. The molecule has 3 atom stereocenters. The maximum atomic E-state index is 14.1. The summed E-state index contributed by atoms with van der Waals surface area (Å²) < 4.78 is 19.6. The van der Waals surface area contributed by atoms with E-state index >= 15 is 0 Å². The molecule has 24 nitrogen and oxygen atoms in total. The van der Waals surface area contributed by atoms with Gasteiger partial charge < -0.3 is 60.8 Å². The number of aromatic nitrogens is 9. The smallest absolute Gasteiger partial charge is 0.303 e. The average molecular weight is 962 g/mol. The van der Waals surface area contributed by atoms with Crippen LogP contribution in [0.1, 0.15) is 75.3 Å². The van der Waals surface area contributed by atoms with E-state index in [1.54, 1.807) is 28.7 Å². The summed E-state index contributed by atoms with van der Waals surface area (Å²) in [5.74, 6) is 2.60. The molecule has 372 valence electrons. The fourth-order valence-electron chi connectivity index (χ4n) is 7.58. The average Bonchev–Trinajstić information content (AvgIpc) is 3.99. The van der Waals surface area contributed by atoms with E-state index in [1.807, 2.05) is 19.6 Å². The molecule has 2 aliphatic rings. The molecular formula is C42H69ClN16O8. The zero-order valence-corrected chi connectivity index (χ0v) is 39.4. The highest BCUT2D eigenvalue weighted by Crippen LogP contribution is 2.24. The molecule has 2 amide bonds. The third-order valence-corrected chi connectivity index (χ3v) is 11.1. The molecule has 2 aliphatic heterocycles. The van der Waals surface area contributed by atoms with Crippen LogP contribution in [0.15, 0.2) is 12.4 Å². The predicted molar refractivity (Wildman–Crippen MR) is 250 cm³/mol. The van der Waals surface area contributed by atoms with Crippen LogP contribution in [0.3, 0.4) is 0 Å². The molecule has 7 N–H and O–H groups in total. The number of aliphatic hydroxyl groups excluding tert-OH is 1. The summed E-state index contributed by atoms with van der Waals surface area (Å²) in [4.78, 5) is 61.5. The molecule has 1 unspecified atom stereocenters. The van der Waals surface area contributed by atoms with E-state index in [2.05, 4.69) is 31.9 Å². The number of aliphatic carboxylic acids is 1.